The Bertz CT molecular complexity index is 1290. The molecule has 0 saturated heterocycles. The van der Waals surface area contributed by atoms with Gasteiger partial charge in [-0.15, -0.1) is 11.3 Å². The van der Waals surface area contributed by atoms with Gasteiger partial charge in [0.15, 0.2) is 0 Å². The molecule has 0 saturated carbocycles. The summed E-state index contributed by atoms with van der Waals surface area (Å²) in [5, 5.41) is 6.32. The second kappa shape index (κ2) is 7.64. The van der Waals surface area contributed by atoms with Crippen molar-refractivity contribution >= 4 is 33.0 Å². The smallest absolute Gasteiger partial charge is 0.234 e. The lowest BCUT2D eigenvalue weighted by Gasteiger charge is -2.04. The first-order valence-corrected chi connectivity index (χ1v) is 11.1. The number of thiazole rings is 1. The fourth-order valence-electron chi connectivity index (χ4n) is 2.75. The molecule has 0 amide bonds. The summed E-state index contributed by atoms with van der Waals surface area (Å²) in [6.07, 6.45) is 0. The molecule has 4 aromatic rings. The van der Waals surface area contributed by atoms with E-state index in [0.29, 0.717) is 21.4 Å². The Hall–Kier alpha value is -2.65. The second-order valence-corrected chi connectivity index (χ2v) is 9.12. The van der Waals surface area contributed by atoms with E-state index in [-0.39, 0.29) is 4.90 Å². The average Bonchev–Trinajstić information content (AvgIpc) is 3.13. The minimum Gasteiger partial charge on any atom is -0.234 e. The summed E-state index contributed by atoms with van der Waals surface area (Å²) in [7, 11) is -3.79. The fraction of sp³-hybridized carbons (Fsp3) is 0. The van der Waals surface area contributed by atoms with Gasteiger partial charge >= 0.3 is 0 Å². The van der Waals surface area contributed by atoms with Crippen LogP contribution in [-0.4, -0.2) is 18.4 Å². The van der Waals surface area contributed by atoms with Crippen LogP contribution in [0.15, 0.2) is 71.6 Å². The van der Waals surface area contributed by atoms with Gasteiger partial charge in [0, 0.05) is 10.6 Å². The molecule has 0 bridgehead atoms. The zero-order chi connectivity index (χ0) is 20.6. The van der Waals surface area contributed by atoms with Crippen LogP contribution >= 0.6 is 22.9 Å². The van der Waals surface area contributed by atoms with E-state index < -0.39 is 16.0 Å². The highest BCUT2D eigenvalue weighted by atomic mass is 35.5. The van der Waals surface area contributed by atoms with Gasteiger partial charge in [0.1, 0.15) is 10.7 Å². The lowest BCUT2D eigenvalue weighted by Crippen LogP contribution is -2.11. The largest absolute Gasteiger partial charge is 0.238 e. The summed E-state index contributed by atoms with van der Waals surface area (Å²) in [4.78, 5) is 9.39. The summed E-state index contributed by atoms with van der Waals surface area (Å²) in [6.45, 7) is 0. The summed E-state index contributed by atoms with van der Waals surface area (Å²) < 4.78 is 36.7. The first-order valence-electron chi connectivity index (χ1n) is 8.34. The van der Waals surface area contributed by atoms with E-state index in [1.165, 1.54) is 29.5 Å². The number of sulfonamides is 1. The van der Waals surface area contributed by atoms with Crippen molar-refractivity contribution in [1.29, 1.82) is 0 Å². The minimum absolute atomic E-state index is 0.0193. The van der Waals surface area contributed by atoms with E-state index in [1.54, 1.807) is 36.4 Å². The normalized spacial score (nSPS) is 11.6. The van der Waals surface area contributed by atoms with Gasteiger partial charge in [0.25, 0.3) is 0 Å². The van der Waals surface area contributed by atoms with Crippen LogP contribution in [0.5, 0.6) is 0 Å². The van der Waals surface area contributed by atoms with Crippen LogP contribution in [0.25, 0.3) is 32.4 Å². The summed E-state index contributed by atoms with van der Waals surface area (Å²) in [5.74, 6) is -0.593. The number of hydrogen-bond donors (Lipinski definition) is 1. The van der Waals surface area contributed by atoms with Crippen molar-refractivity contribution in [1.82, 2.24) is 9.97 Å². The van der Waals surface area contributed by atoms with Crippen LogP contribution in [0.1, 0.15) is 0 Å². The van der Waals surface area contributed by atoms with Gasteiger partial charge < -0.3 is 0 Å². The number of primary sulfonamides is 1. The summed E-state index contributed by atoms with van der Waals surface area (Å²) in [5.41, 5.74) is 2.65. The molecule has 0 unspecified atom stereocenters. The molecule has 4 rings (SSSR count). The third kappa shape index (κ3) is 4.20. The molecule has 2 heterocycles. The van der Waals surface area contributed by atoms with Crippen LogP contribution in [0.2, 0.25) is 5.02 Å². The van der Waals surface area contributed by atoms with E-state index in [1.807, 2.05) is 12.1 Å². The molecule has 9 heteroatoms. The standard InChI is InChI=1S/C20H13ClFN3O2S2/c21-14-8-4-12(5-9-14)18-19(13-6-10-15(11-7-13)29(23,26)27)28-20(25-18)16-2-1-3-17(22)24-16/h1-11H,(H2,23,26,27). The highest BCUT2D eigenvalue weighted by Crippen LogP contribution is 2.40. The Morgan fingerprint density at radius 3 is 2.17 bits per heavy atom. The van der Waals surface area contributed by atoms with Gasteiger partial charge in [0.05, 0.1) is 15.5 Å². The number of benzene rings is 2. The molecule has 0 spiro atoms. The maximum atomic E-state index is 13.6. The molecule has 0 radical (unpaired) electrons. The van der Waals surface area contributed by atoms with E-state index in [0.717, 1.165) is 16.0 Å². The van der Waals surface area contributed by atoms with Crippen molar-refractivity contribution in [2.45, 2.75) is 4.90 Å². The van der Waals surface area contributed by atoms with E-state index in [2.05, 4.69) is 9.97 Å². The molecular weight excluding hydrogens is 433 g/mol. The van der Waals surface area contributed by atoms with Crippen LogP contribution in [0.3, 0.4) is 0 Å². The van der Waals surface area contributed by atoms with Gasteiger partial charge in [-0.3, -0.25) is 0 Å². The number of nitrogens with zero attached hydrogens (tertiary/aromatic N) is 2. The number of rotatable bonds is 4. The minimum atomic E-state index is -3.79. The van der Waals surface area contributed by atoms with Crippen molar-refractivity contribution in [3.05, 3.63) is 77.7 Å². The van der Waals surface area contributed by atoms with E-state index in [4.69, 9.17) is 16.7 Å². The van der Waals surface area contributed by atoms with Crippen molar-refractivity contribution < 1.29 is 12.8 Å². The highest BCUT2D eigenvalue weighted by molar-refractivity contribution is 7.89. The molecule has 0 aliphatic rings. The summed E-state index contributed by atoms with van der Waals surface area (Å²) >= 11 is 7.33. The monoisotopic (exact) mass is 445 g/mol. The molecule has 0 aliphatic carbocycles. The SMILES string of the molecule is NS(=O)(=O)c1ccc(-c2sc(-c3cccc(F)n3)nc2-c2ccc(Cl)cc2)cc1. The first kappa shape index (κ1) is 19.7. The number of aromatic nitrogens is 2. The molecule has 2 N–H and O–H groups in total. The zero-order valence-corrected chi connectivity index (χ0v) is 17.1. The van der Waals surface area contributed by atoms with Crippen molar-refractivity contribution in [3.63, 3.8) is 0 Å². The topological polar surface area (TPSA) is 85.9 Å². The van der Waals surface area contributed by atoms with Gasteiger partial charge in [0.2, 0.25) is 16.0 Å². The maximum Gasteiger partial charge on any atom is 0.238 e. The van der Waals surface area contributed by atoms with Crippen molar-refractivity contribution in [2.75, 3.05) is 0 Å². The molecule has 29 heavy (non-hydrogen) atoms. The number of halogens is 2. The number of nitrogens with two attached hydrogens (primary N) is 1. The lowest BCUT2D eigenvalue weighted by molar-refractivity contribution is 0.585. The Morgan fingerprint density at radius 2 is 1.55 bits per heavy atom. The molecule has 2 aromatic carbocycles. The Morgan fingerprint density at radius 1 is 0.897 bits per heavy atom. The van der Waals surface area contributed by atoms with E-state index >= 15 is 0 Å². The molecule has 146 valence electrons. The Kier molecular flexibility index (Phi) is 5.18. The molecule has 0 aliphatic heterocycles. The fourth-order valence-corrected chi connectivity index (χ4v) is 4.46. The van der Waals surface area contributed by atoms with Crippen LogP contribution in [-0.2, 0) is 10.0 Å². The number of pyridine rings is 1. The lowest BCUT2D eigenvalue weighted by atomic mass is 10.1. The highest BCUT2D eigenvalue weighted by Gasteiger charge is 2.18. The quantitative estimate of drug-likeness (QED) is 0.449. The average molecular weight is 446 g/mol. The zero-order valence-electron chi connectivity index (χ0n) is 14.7. The van der Waals surface area contributed by atoms with Gasteiger partial charge in [-0.1, -0.05) is 41.9 Å². The third-order valence-corrected chi connectivity index (χ3v) is 6.43. The molecular formula is C20H13ClFN3O2S2. The molecule has 5 nitrogen and oxygen atoms in total. The van der Waals surface area contributed by atoms with Crippen LogP contribution < -0.4 is 5.14 Å². The Labute approximate surface area is 175 Å². The molecule has 0 fully saturated rings. The van der Waals surface area contributed by atoms with Crippen LogP contribution in [0.4, 0.5) is 4.39 Å². The van der Waals surface area contributed by atoms with Gasteiger partial charge in [-0.2, -0.15) is 4.39 Å². The molecule has 0 atom stereocenters. The molecule has 2 aromatic heterocycles. The third-order valence-electron chi connectivity index (χ3n) is 4.12. The predicted octanol–water partition coefficient (Wildman–Crippen LogP) is 4.98. The van der Waals surface area contributed by atoms with Crippen molar-refractivity contribution in [2.24, 2.45) is 5.14 Å². The van der Waals surface area contributed by atoms with Gasteiger partial charge in [-0.25, -0.2) is 23.5 Å². The van der Waals surface area contributed by atoms with Crippen molar-refractivity contribution in [3.8, 4) is 32.4 Å². The summed E-state index contributed by atoms with van der Waals surface area (Å²) in [6, 6.07) is 17.9. The van der Waals surface area contributed by atoms with Crippen LogP contribution in [0, 0.1) is 5.95 Å². The maximum absolute atomic E-state index is 13.6. The van der Waals surface area contributed by atoms with E-state index in [9.17, 15) is 12.8 Å². The second-order valence-electron chi connectivity index (χ2n) is 6.12. The Balaban J connectivity index is 1.88. The predicted molar refractivity (Wildman–Crippen MR) is 113 cm³/mol. The van der Waals surface area contributed by atoms with Gasteiger partial charge in [-0.05, 0) is 42.0 Å². The first-order chi connectivity index (χ1) is 13.8. The number of hydrogen-bond acceptors (Lipinski definition) is 5.